The van der Waals surface area contributed by atoms with E-state index >= 15 is 0 Å². The number of carbonyl (C=O) groups excluding carboxylic acids is 2. The summed E-state index contributed by atoms with van der Waals surface area (Å²) >= 11 is 1.90. The van der Waals surface area contributed by atoms with E-state index in [2.05, 4.69) is 4.90 Å². The second kappa shape index (κ2) is 7.85. The third-order valence-corrected chi connectivity index (χ3v) is 6.11. The maximum absolute atomic E-state index is 12.6. The molecule has 3 rings (SSSR count). The molecule has 2 aliphatic heterocycles. The molecule has 7 heteroatoms. The van der Waals surface area contributed by atoms with Crippen molar-refractivity contribution in [2.24, 2.45) is 5.92 Å². The van der Waals surface area contributed by atoms with Gasteiger partial charge in [0.25, 0.3) is 0 Å². The lowest BCUT2D eigenvalue weighted by Gasteiger charge is -2.38. The maximum atomic E-state index is 12.6. The van der Waals surface area contributed by atoms with Crippen molar-refractivity contribution in [1.29, 1.82) is 0 Å². The van der Waals surface area contributed by atoms with Gasteiger partial charge in [0.1, 0.15) is 0 Å². The van der Waals surface area contributed by atoms with E-state index in [1.165, 1.54) is 0 Å². The molecule has 6 nitrogen and oxygen atoms in total. The van der Waals surface area contributed by atoms with E-state index in [0.29, 0.717) is 38.8 Å². The number of carbonyl (C=O) groups is 2. The highest BCUT2D eigenvalue weighted by atomic mass is 32.2. The molecule has 2 heterocycles. The molecule has 1 atom stereocenters. The molecule has 0 aromatic carbocycles. The second-order valence-corrected chi connectivity index (χ2v) is 7.84. The fourth-order valence-corrected chi connectivity index (χ4v) is 4.53. The number of rotatable bonds is 5. The van der Waals surface area contributed by atoms with E-state index in [1.54, 1.807) is 0 Å². The van der Waals surface area contributed by atoms with Crippen LogP contribution in [0.25, 0.3) is 0 Å². The first-order valence-corrected chi connectivity index (χ1v) is 9.83. The van der Waals surface area contributed by atoms with Crippen LogP contribution in [0.3, 0.4) is 0 Å². The minimum atomic E-state index is 0.165. The molecule has 0 aromatic heterocycles. The number of aliphatic hydroxyl groups excluding tert-OH is 1. The average molecular weight is 341 g/mol. The van der Waals surface area contributed by atoms with Crippen LogP contribution >= 0.6 is 11.8 Å². The van der Waals surface area contributed by atoms with Crippen LogP contribution in [0.2, 0.25) is 0 Å². The first-order chi connectivity index (χ1) is 11.2. The molecule has 3 aliphatic rings. The Labute approximate surface area is 142 Å². The molecule has 23 heavy (non-hydrogen) atoms. The van der Waals surface area contributed by atoms with Crippen molar-refractivity contribution in [3.8, 4) is 0 Å². The van der Waals surface area contributed by atoms with Crippen LogP contribution in [-0.2, 0) is 9.59 Å². The van der Waals surface area contributed by atoms with Crippen molar-refractivity contribution in [3.05, 3.63) is 0 Å². The summed E-state index contributed by atoms with van der Waals surface area (Å²) in [5.74, 6) is 2.77. The van der Waals surface area contributed by atoms with Crippen LogP contribution in [0.5, 0.6) is 0 Å². The highest BCUT2D eigenvalue weighted by molar-refractivity contribution is 7.99. The van der Waals surface area contributed by atoms with Crippen molar-refractivity contribution in [1.82, 2.24) is 14.7 Å². The Morgan fingerprint density at radius 1 is 1.04 bits per heavy atom. The van der Waals surface area contributed by atoms with Crippen LogP contribution in [0.1, 0.15) is 19.3 Å². The topological polar surface area (TPSA) is 64.1 Å². The van der Waals surface area contributed by atoms with Gasteiger partial charge in [0.05, 0.1) is 6.54 Å². The zero-order valence-electron chi connectivity index (χ0n) is 13.7. The fourth-order valence-electron chi connectivity index (χ4n) is 3.35. The predicted molar refractivity (Wildman–Crippen MR) is 90.3 cm³/mol. The molecule has 1 aliphatic carbocycles. The molecule has 1 unspecified atom stereocenters. The number of aliphatic hydroxyl groups is 1. The Morgan fingerprint density at radius 2 is 1.74 bits per heavy atom. The van der Waals surface area contributed by atoms with Crippen molar-refractivity contribution in [2.45, 2.75) is 25.3 Å². The summed E-state index contributed by atoms with van der Waals surface area (Å²) < 4.78 is 0. The Bertz CT molecular complexity index is 434. The summed E-state index contributed by atoms with van der Waals surface area (Å²) in [5.41, 5.74) is 0. The van der Waals surface area contributed by atoms with E-state index in [1.807, 2.05) is 21.6 Å². The number of amides is 2. The predicted octanol–water partition coefficient (Wildman–Crippen LogP) is -0.133. The molecule has 3 fully saturated rings. The quantitative estimate of drug-likeness (QED) is 0.755. The van der Waals surface area contributed by atoms with Crippen LogP contribution in [-0.4, -0.2) is 95.0 Å². The van der Waals surface area contributed by atoms with Gasteiger partial charge in [-0.3, -0.25) is 14.5 Å². The Morgan fingerprint density at radius 3 is 2.39 bits per heavy atom. The zero-order chi connectivity index (χ0) is 16.2. The van der Waals surface area contributed by atoms with Gasteiger partial charge < -0.3 is 14.9 Å². The third-order valence-electron chi connectivity index (χ3n) is 5.02. The Balaban J connectivity index is 1.46. The first kappa shape index (κ1) is 17.0. The highest BCUT2D eigenvalue weighted by Gasteiger charge is 2.35. The van der Waals surface area contributed by atoms with Crippen LogP contribution < -0.4 is 0 Å². The van der Waals surface area contributed by atoms with Gasteiger partial charge >= 0.3 is 0 Å². The van der Waals surface area contributed by atoms with Crippen LogP contribution in [0.15, 0.2) is 0 Å². The van der Waals surface area contributed by atoms with Gasteiger partial charge in [0.2, 0.25) is 11.8 Å². The largest absolute Gasteiger partial charge is 0.396 e. The zero-order valence-corrected chi connectivity index (χ0v) is 14.5. The minimum absolute atomic E-state index is 0.165. The molecule has 2 saturated heterocycles. The summed E-state index contributed by atoms with van der Waals surface area (Å²) in [6, 6.07) is 0.306. The van der Waals surface area contributed by atoms with Crippen LogP contribution in [0, 0.1) is 5.92 Å². The number of hydrogen-bond acceptors (Lipinski definition) is 5. The molecule has 0 aromatic rings. The number of thioether (sulfide) groups is 1. The lowest BCUT2D eigenvalue weighted by atomic mass is 10.2. The normalized spacial score (nSPS) is 26.4. The lowest BCUT2D eigenvalue weighted by molar-refractivity contribution is -0.141. The van der Waals surface area contributed by atoms with Gasteiger partial charge in [0.15, 0.2) is 0 Å². The minimum Gasteiger partial charge on any atom is -0.396 e. The van der Waals surface area contributed by atoms with E-state index in [9.17, 15) is 14.7 Å². The average Bonchev–Trinajstić information content (AvgIpc) is 3.41. The monoisotopic (exact) mass is 341 g/mol. The van der Waals surface area contributed by atoms with E-state index < -0.39 is 0 Å². The highest BCUT2D eigenvalue weighted by Crippen LogP contribution is 2.31. The summed E-state index contributed by atoms with van der Waals surface area (Å²) in [7, 11) is 0. The molecule has 1 saturated carbocycles. The van der Waals surface area contributed by atoms with Crippen molar-refractivity contribution in [2.75, 3.05) is 57.4 Å². The van der Waals surface area contributed by atoms with Gasteiger partial charge in [-0.2, -0.15) is 11.8 Å². The molecule has 0 radical (unpaired) electrons. The first-order valence-electron chi connectivity index (χ1n) is 8.68. The van der Waals surface area contributed by atoms with Crippen molar-refractivity contribution >= 4 is 23.6 Å². The van der Waals surface area contributed by atoms with Gasteiger partial charge in [-0.05, 0) is 19.3 Å². The molecule has 1 N–H and O–H groups in total. The van der Waals surface area contributed by atoms with E-state index in [0.717, 1.165) is 37.3 Å². The molecule has 0 bridgehead atoms. The van der Waals surface area contributed by atoms with Crippen molar-refractivity contribution in [3.63, 3.8) is 0 Å². The lowest BCUT2D eigenvalue weighted by Crippen LogP contribution is -2.54. The van der Waals surface area contributed by atoms with Gasteiger partial charge in [-0.15, -0.1) is 0 Å². The molecule has 2 amide bonds. The van der Waals surface area contributed by atoms with Gasteiger partial charge in [0, 0.05) is 62.8 Å². The summed E-state index contributed by atoms with van der Waals surface area (Å²) in [6.07, 6.45) is 2.82. The third kappa shape index (κ3) is 4.39. The standard InChI is InChI=1S/C16H27N3O3S/c20-9-3-14-12-23-10-8-19(14)11-15(21)17-4-6-18(7-5-17)16(22)13-1-2-13/h13-14,20H,1-12H2. The molecule has 0 spiro atoms. The molecular formula is C16H27N3O3S. The maximum Gasteiger partial charge on any atom is 0.236 e. The number of hydrogen-bond donors (Lipinski definition) is 1. The van der Waals surface area contributed by atoms with Crippen molar-refractivity contribution < 1.29 is 14.7 Å². The second-order valence-electron chi connectivity index (χ2n) is 6.69. The summed E-state index contributed by atoms with van der Waals surface area (Å²) in [4.78, 5) is 30.6. The smallest absolute Gasteiger partial charge is 0.236 e. The van der Waals surface area contributed by atoms with Crippen LogP contribution in [0.4, 0.5) is 0 Å². The van der Waals surface area contributed by atoms with Gasteiger partial charge in [-0.25, -0.2) is 0 Å². The number of piperazine rings is 1. The van der Waals surface area contributed by atoms with Gasteiger partial charge in [-0.1, -0.05) is 0 Å². The summed E-state index contributed by atoms with van der Waals surface area (Å²) in [6.45, 7) is 4.21. The Kier molecular flexibility index (Phi) is 5.82. The fraction of sp³-hybridized carbons (Fsp3) is 0.875. The number of nitrogens with zero attached hydrogens (tertiary/aromatic N) is 3. The molecular weight excluding hydrogens is 314 g/mol. The Hall–Kier alpha value is -0.790. The van der Waals surface area contributed by atoms with E-state index in [-0.39, 0.29) is 24.3 Å². The van der Waals surface area contributed by atoms with E-state index in [4.69, 9.17) is 0 Å². The summed E-state index contributed by atoms with van der Waals surface area (Å²) in [5, 5.41) is 9.18. The molecule has 130 valence electrons. The SMILES string of the molecule is O=C(CN1CCSCC1CCO)N1CCN(C(=O)C2CC2)CC1.